The summed E-state index contributed by atoms with van der Waals surface area (Å²) in [6.45, 7) is 0. The average molecular weight is 713 g/mol. The van der Waals surface area contributed by atoms with Crippen LogP contribution < -0.4 is 4.90 Å². The van der Waals surface area contributed by atoms with Gasteiger partial charge in [-0.25, -0.2) is 4.98 Å². The van der Waals surface area contributed by atoms with Crippen molar-refractivity contribution in [1.82, 2.24) is 4.98 Å². The Morgan fingerprint density at radius 1 is 0.358 bits per heavy atom. The Balaban J connectivity index is 1.04. The number of aromatic nitrogens is 1. The van der Waals surface area contributed by atoms with Gasteiger partial charge in [-0.1, -0.05) is 140 Å². The molecule has 2 heterocycles. The smallest absolute Gasteiger partial charge is 0.124 e. The van der Waals surface area contributed by atoms with E-state index in [4.69, 9.17) is 4.98 Å². The number of hydrogen-bond acceptors (Lipinski definition) is 4. The van der Waals surface area contributed by atoms with Gasteiger partial charge >= 0.3 is 0 Å². The molecule has 0 atom stereocenters. The maximum Gasteiger partial charge on any atom is 0.124 e. The van der Waals surface area contributed by atoms with Crippen molar-refractivity contribution in [1.29, 1.82) is 0 Å². The molecule has 250 valence electrons. The standard InChI is InChI=1S/C49H32N2S2/c1-4-11-33(12-5-1)35-19-25-39(26-20-35)51(40-27-21-36(22-28-40)34-13-6-2-7-14-34)41-29-23-37(24-30-41)42-17-10-18-45-48(42)43-31-44-47(32-46(43)52-45)53-49(50-44)38-15-8-3-9-16-38/h1-32H. The van der Waals surface area contributed by atoms with Crippen LogP contribution in [0.3, 0.4) is 0 Å². The summed E-state index contributed by atoms with van der Waals surface area (Å²) in [4.78, 5) is 7.42. The molecule has 0 aliphatic heterocycles. The quantitative estimate of drug-likeness (QED) is 0.164. The minimum absolute atomic E-state index is 1.05. The Labute approximate surface area is 316 Å². The lowest BCUT2D eigenvalue weighted by atomic mass is 9.98. The highest BCUT2D eigenvalue weighted by atomic mass is 32.1. The van der Waals surface area contributed by atoms with Gasteiger partial charge in [0.25, 0.3) is 0 Å². The van der Waals surface area contributed by atoms with Crippen LogP contribution in [-0.2, 0) is 0 Å². The van der Waals surface area contributed by atoms with Crippen molar-refractivity contribution >= 4 is 70.1 Å². The molecule has 2 nitrogen and oxygen atoms in total. The molecule has 0 bridgehead atoms. The molecule has 0 N–H and O–H groups in total. The minimum Gasteiger partial charge on any atom is -0.311 e. The first-order chi connectivity index (χ1) is 26.2. The molecule has 0 unspecified atom stereocenters. The van der Waals surface area contributed by atoms with Crippen LogP contribution in [0.1, 0.15) is 0 Å². The molecule has 4 heteroatoms. The highest BCUT2D eigenvalue weighted by Crippen LogP contribution is 2.44. The number of hydrogen-bond donors (Lipinski definition) is 0. The third-order valence-electron chi connectivity index (χ3n) is 9.93. The van der Waals surface area contributed by atoms with Crippen molar-refractivity contribution in [3.05, 3.63) is 194 Å². The van der Waals surface area contributed by atoms with Crippen molar-refractivity contribution in [2.45, 2.75) is 0 Å². The summed E-state index contributed by atoms with van der Waals surface area (Å²) in [5.41, 5.74) is 12.8. The number of anilines is 3. The molecule has 10 rings (SSSR count). The van der Waals surface area contributed by atoms with Crippen LogP contribution >= 0.6 is 22.7 Å². The summed E-state index contributed by atoms with van der Waals surface area (Å²) in [7, 11) is 0. The van der Waals surface area contributed by atoms with Crippen molar-refractivity contribution < 1.29 is 0 Å². The maximum absolute atomic E-state index is 5.07. The lowest BCUT2D eigenvalue weighted by Crippen LogP contribution is -2.09. The van der Waals surface area contributed by atoms with Crippen LogP contribution in [0.15, 0.2) is 194 Å². The van der Waals surface area contributed by atoms with E-state index >= 15 is 0 Å². The maximum atomic E-state index is 5.07. The van der Waals surface area contributed by atoms with Crippen LogP contribution in [0.5, 0.6) is 0 Å². The van der Waals surface area contributed by atoms with E-state index < -0.39 is 0 Å². The molecular weight excluding hydrogens is 681 g/mol. The molecule has 0 saturated carbocycles. The summed E-state index contributed by atoms with van der Waals surface area (Å²) in [5.74, 6) is 0. The largest absolute Gasteiger partial charge is 0.311 e. The Kier molecular flexibility index (Phi) is 7.90. The Bertz CT molecular complexity index is 2760. The topological polar surface area (TPSA) is 16.1 Å². The summed E-state index contributed by atoms with van der Waals surface area (Å²) >= 11 is 3.63. The van der Waals surface area contributed by atoms with E-state index in [0.29, 0.717) is 0 Å². The number of thiazole rings is 1. The molecule has 8 aromatic carbocycles. The molecule has 0 saturated heterocycles. The zero-order valence-corrected chi connectivity index (χ0v) is 30.3. The van der Waals surface area contributed by atoms with Crippen LogP contribution in [0.25, 0.3) is 74.3 Å². The van der Waals surface area contributed by atoms with Gasteiger partial charge in [0, 0.05) is 42.8 Å². The lowest BCUT2D eigenvalue weighted by molar-refractivity contribution is 1.28. The Hall–Kier alpha value is -6.33. The average Bonchev–Trinajstić information content (AvgIpc) is 3.82. The normalized spacial score (nSPS) is 11.4. The Morgan fingerprint density at radius 2 is 0.849 bits per heavy atom. The first kappa shape index (κ1) is 31.4. The van der Waals surface area contributed by atoms with Crippen molar-refractivity contribution in [3.63, 3.8) is 0 Å². The Morgan fingerprint density at radius 3 is 1.40 bits per heavy atom. The van der Waals surface area contributed by atoms with Gasteiger partial charge in [0.05, 0.1) is 10.2 Å². The van der Waals surface area contributed by atoms with E-state index in [1.165, 1.54) is 58.3 Å². The van der Waals surface area contributed by atoms with Crippen LogP contribution in [0, 0.1) is 0 Å². The number of nitrogens with zero attached hydrogens (tertiary/aromatic N) is 2. The molecule has 10 aromatic rings. The molecule has 0 aliphatic rings. The van der Waals surface area contributed by atoms with Gasteiger partial charge in [0.15, 0.2) is 0 Å². The molecule has 0 fully saturated rings. The van der Waals surface area contributed by atoms with Crippen LogP contribution in [-0.4, -0.2) is 4.98 Å². The van der Waals surface area contributed by atoms with Gasteiger partial charge in [-0.05, 0) is 88.0 Å². The van der Waals surface area contributed by atoms with Gasteiger partial charge in [-0.15, -0.1) is 22.7 Å². The van der Waals surface area contributed by atoms with E-state index in [-0.39, 0.29) is 0 Å². The van der Waals surface area contributed by atoms with Crippen molar-refractivity contribution in [3.8, 4) is 44.0 Å². The molecule has 0 radical (unpaired) electrons. The van der Waals surface area contributed by atoms with Crippen molar-refractivity contribution in [2.24, 2.45) is 0 Å². The number of rotatable bonds is 7. The zero-order valence-electron chi connectivity index (χ0n) is 28.7. The summed E-state index contributed by atoms with van der Waals surface area (Å²) < 4.78 is 3.81. The molecular formula is C49H32N2S2. The zero-order chi connectivity index (χ0) is 35.1. The third kappa shape index (κ3) is 5.88. The second-order valence-electron chi connectivity index (χ2n) is 13.2. The summed E-state index contributed by atoms with van der Waals surface area (Å²) in [5, 5.41) is 3.62. The van der Waals surface area contributed by atoms with Gasteiger partial charge in [0.2, 0.25) is 0 Å². The van der Waals surface area contributed by atoms with Gasteiger partial charge < -0.3 is 4.90 Å². The minimum atomic E-state index is 1.05. The highest BCUT2D eigenvalue weighted by molar-refractivity contribution is 7.26. The second-order valence-corrected chi connectivity index (χ2v) is 15.3. The third-order valence-corrected chi connectivity index (χ3v) is 12.1. The SMILES string of the molecule is c1ccc(-c2ccc(N(c3ccc(-c4ccccc4)cc3)c3ccc(-c4cccc5sc6cc7sc(-c8ccccc8)nc7cc6c45)cc3)cc2)cc1. The predicted octanol–water partition coefficient (Wildman–Crippen LogP) is 14.8. The number of benzene rings is 8. The molecule has 0 aliphatic carbocycles. The van der Waals surface area contributed by atoms with Crippen LogP contribution in [0.4, 0.5) is 17.1 Å². The molecule has 53 heavy (non-hydrogen) atoms. The lowest BCUT2D eigenvalue weighted by Gasteiger charge is -2.26. The molecule has 2 aromatic heterocycles. The van der Waals surface area contributed by atoms with E-state index in [2.05, 4.69) is 199 Å². The fraction of sp³-hybridized carbons (Fsp3) is 0. The summed E-state index contributed by atoms with van der Waals surface area (Å²) in [6.07, 6.45) is 0. The number of thiophene rings is 1. The van der Waals surface area contributed by atoms with Gasteiger partial charge in [0.1, 0.15) is 5.01 Å². The predicted molar refractivity (Wildman–Crippen MR) is 229 cm³/mol. The van der Waals surface area contributed by atoms with Gasteiger partial charge in [-0.3, -0.25) is 0 Å². The highest BCUT2D eigenvalue weighted by Gasteiger charge is 2.17. The molecule has 0 amide bonds. The van der Waals surface area contributed by atoms with E-state index in [1.54, 1.807) is 11.3 Å². The fourth-order valence-electron chi connectivity index (χ4n) is 7.30. The van der Waals surface area contributed by atoms with Crippen molar-refractivity contribution in [2.75, 3.05) is 4.90 Å². The second kappa shape index (κ2) is 13.3. The fourth-order valence-corrected chi connectivity index (χ4v) is 9.52. The number of fused-ring (bicyclic) bond motifs is 4. The first-order valence-electron chi connectivity index (χ1n) is 17.8. The molecule has 0 spiro atoms. The van der Waals surface area contributed by atoms with E-state index in [9.17, 15) is 0 Å². The monoisotopic (exact) mass is 712 g/mol. The van der Waals surface area contributed by atoms with Gasteiger partial charge in [-0.2, -0.15) is 0 Å². The van der Waals surface area contributed by atoms with Crippen LogP contribution in [0.2, 0.25) is 0 Å². The van der Waals surface area contributed by atoms with E-state index in [1.807, 2.05) is 11.3 Å². The van der Waals surface area contributed by atoms with E-state index in [0.717, 1.165) is 33.1 Å². The first-order valence-corrected chi connectivity index (χ1v) is 19.4. The summed E-state index contributed by atoms with van der Waals surface area (Å²) in [6, 6.07) is 69.7.